The number of carboxylic acid groups (broad SMARTS) is 1. The van der Waals surface area contributed by atoms with Crippen LogP contribution in [0.25, 0.3) is 0 Å². The summed E-state index contributed by atoms with van der Waals surface area (Å²) in [5.41, 5.74) is 1.06. The first-order chi connectivity index (χ1) is 12.1. The van der Waals surface area contributed by atoms with Gasteiger partial charge in [-0.15, -0.1) is 0 Å². The van der Waals surface area contributed by atoms with Crippen LogP contribution in [0, 0.1) is 0 Å². The highest BCUT2D eigenvalue weighted by Gasteiger charge is 2.35. The highest BCUT2D eigenvalue weighted by atomic mass is 16.5. The molecule has 1 saturated carbocycles. The molecule has 0 radical (unpaired) electrons. The van der Waals surface area contributed by atoms with Gasteiger partial charge in [0.15, 0.2) is 0 Å². The Hall–Kier alpha value is -2.08. The molecule has 25 heavy (non-hydrogen) atoms. The maximum atomic E-state index is 12.9. The van der Waals surface area contributed by atoms with Crippen molar-refractivity contribution in [3.63, 3.8) is 0 Å². The van der Waals surface area contributed by atoms with Crippen molar-refractivity contribution in [2.24, 2.45) is 0 Å². The smallest absolute Gasteiger partial charge is 0.320 e. The Morgan fingerprint density at radius 3 is 2.52 bits per heavy atom. The molecule has 1 unspecified atom stereocenters. The van der Waals surface area contributed by atoms with Crippen molar-refractivity contribution >= 4 is 11.9 Å². The van der Waals surface area contributed by atoms with Crippen molar-refractivity contribution < 1.29 is 19.4 Å². The zero-order valence-corrected chi connectivity index (χ0v) is 14.7. The average Bonchev–Trinajstić information content (AvgIpc) is 3.45. The number of carbonyl (C=O) groups excluding carboxylic acids is 1. The third kappa shape index (κ3) is 4.51. The van der Waals surface area contributed by atoms with Gasteiger partial charge >= 0.3 is 5.97 Å². The summed E-state index contributed by atoms with van der Waals surface area (Å²) in [6.45, 7) is 1.45. The van der Waals surface area contributed by atoms with Crippen LogP contribution in [-0.4, -0.2) is 59.1 Å². The van der Waals surface area contributed by atoms with Gasteiger partial charge in [0.05, 0.1) is 13.7 Å². The lowest BCUT2D eigenvalue weighted by molar-refractivity contribution is -0.146. The van der Waals surface area contributed by atoms with Crippen LogP contribution < -0.4 is 4.74 Å². The fraction of sp³-hybridized carbons (Fsp3) is 0.579. The molecule has 3 rings (SSSR count). The van der Waals surface area contributed by atoms with E-state index < -0.39 is 12.0 Å². The fourth-order valence-corrected chi connectivity index (χ4v) is 3.46. The summed E-state index contributed by atoms with van der Waals surface area (Å²) in [5, 5.41) is 9.39. The summed E-state index contributed by atoms with van der Waals surface area (Å²) in [6, 6.07) is 7.51. The molecule has 0 bridgehead atoms. The van der Waals surface area contributed by atoms with Crippen molar-refractivity contribution in [1.82, 2.24) is 9.80 Å². The van der Waals surface area contributed by atoms with Gasteiger partial charge in [-0.05, 0) is 49.9 Å². The second-order valence-corrected chi connectivity index (χ2v) is 6.92. The Kier molecular flexibility index (Phi) is 5.58. The van der Waals surface area contributed by atoms with E-state index >= 15 is 0 Å². The molecule has 1 aromatic carbocycles. The number of methoxy groups -OCH3 is 1. The van der Waals surface area contributed by atoms with Crippen LogP contribution in [0.3, 0.4) is 0 Å². The van der Waals surface area contributed by atoms with Crippen LogP contribution in [0.1, 0.15) is 37.7 Å². The minimum absolute atomic E-state index is 0.0338. The zero-order chi connectivity index (χ0) is 17.8. The van der Waals surface area contributed by atoms with E-state index in [2.05, 4.69) is 0 Å². The molecule has 2 aliphatic rings. The Bertz CT molecular complexity index is 612. The van der Waals surface area contributed by atoms with Crippen LogP contribution in [0.5, 0.6) is 5.75 Å². The molecule has 1 heterocycles. The van der Waals surface area contributed by atoms with E-state index in [1.165, 1.54) is 0 Å². The van der Waals surface area contributed by atoms with Crippen LogP contribution >= 0.6 is 0 Å². The predicted octanol–water partition coefficient (Wildman–Crippen LogP) is 2.13. The monoisotopic (exact) mass is 346 g/mol. The maximum Gasteiger partial charge on any atom is 0.320 e. The summed E-state index contributed by atoms with van der Waals surface area (Å²) in [7, 11) is 1.63. The third-order valence-electron chi connectivity index (χ3n) is 5.06. The number of benzene rings is 1. The van der Waals surface area contributed by atoms with E-state index in [9.17, 15) is 14.7 Å². The minimum Gasteiger partial charge on any atom is -0.497 e. The Labute approximate surface area is 148 Å². The third-order valence-corrected chi connectivity index (χ3v) is 5.06. The first-order valence-corrected chi connectivity index (χ1v) is 8.97. The number of aliphatic carboxylic acids is 1. The number of amides is 1. The molecule has 1 amide bonds. The van der Waals surface area contributed by atoms with Gasteiger partial charge in [-0.1, -0.05) is 18.6 Å². The van der Waals surface area contributed by atoms with Gasteiger partial charge in [-0.25, -0.2) is 0 Å². The number of nitrogens with zero attached hydrogens (tertiary/aromatic N) is 2. The number of piperidine rings is 1. The molecule has 1 N–H and O–H groups in total. The van der Waals surface area contributed by atoms with E-state index in [0.29, 0.717) is 25.6 Å². The molecule has 1 atom stereocenters. The van der Waals surface area contributed by atoms with Crippen LogP contribution in [0.4, 0.5) is 0 Å². The first kappa shape index (κ1) is 17.7. The number of rotatable bonds is 7. The molecule has 136 valence electrons. The van der Waals surface area contributed by atoms with Crippen molar-refractivity contribution in [3.8, 4) is 5.75 Å². The lowest BCUT2D eigenvalue weighted by Crippen LogP contribution is -2.50. The van der Waals surface area contributed by atoms with Gasteiger partial charge in [-0.3, -0.25) is 14.5 Å². The van der Waals surface area contributed by atoms with Crippen molar-refractivity contribution in [1.29, 1.82) is 0 Å². The molecule has 1 aliphatic carbocycles. The van der Waals surface area contributed by atoms with E-state index in [4.69, 9.17) is 4.74 Å². The number of carbonyl (C=O) groups is 2. The van der Waals surface area contributed by atoms with E-state index in [1.807, 2.05) is 34.1 Å². The topological polar surface area (TPSA) is 70.1 Å². The van der Waals surface area contributed by atoms with Gasteiger partial charge in [0, 0.05) is 12.6 Å². The molecule has 6 heteroatoms. The van der Waals surface area contributed by atoms with E-state index in [1.54, 1.807) is 7.11 Å². The van der Waals surface area contributed by atoms with Crippen LogP contribution in [-0.2, 0) is 16.1 Å². The number of hydrogen-bond donors (Lipinski definition) is 1. The number of hydrogen-bond acceptors (Lipinski definition) is 4. The summed E-state index contributed by atoms with van der Waals surface area (Å²) in [5.74, 6) is 0.0118. The van der Waals surface area contributed by atoms with Gasteiger partial charge < -0.3 is 14.7 Å². The first-order valence-electron chi connectivity index (χ1n) is 8.97. The zero-order valence-electron chi connectivity index (χ0n) is 14.7. The second-order valence-electron chi connectivity index (χ2n) is 6.92. The molecule has 0 aromatic heterocycles. The van der Waals surface area contributed by atoms with E-state index in [0.717, 1.165) is 37.0 Å². The van der Waals surface area contributed by atoms with Gasteiger partial charge in [-0.2, -0.15) is 0 Å². The molecule has 1 aromatic rings. The Morgan fingerprint density at radius 1 is 1.20 bits per heavy atom. The minimum atomic E-state index is -0.819. The molecule has 0 spiro atoms. The lowest BCUT2D eigenvalue weighted by atomic mass is 10.0. The lowest BCUT2D eigenvalue weighted by Gasteiger charge is -2.34. The quantitative estimate of drug-likeness (QED) is 0.819. The summed E-state index contributed by atoms with van der Waals surface area (Å²) < 4.78 is 5.17. The summed E-state index contributed by atoms with van der Waals surface area (Å²) in [4.78, 5) is 28.0. The predicted molar refractivity (Wildman–Crippen MR) is 93.4 cm³/mol. The second kappa shape index (κ2) is 7.87. The molecule has 6 nitrogen and oxygen atoms in total. The van der Waals surface area contributed by atoms with Crippen molar-refractivity contribution in [2.45, 2.75) is 50.7 Å². The number of ether oxygens (including phenoxy) is 1. The largest absolute Gasteiger partial charge is 0.497 e. The van der Waals surface area contributed by atoms with Gasteiger partial charge in [0.2, 0.25) is 5.91 Å². The fourth-order valence-electron chi connectivity index (χ4n) is 3.46. The summed E-state index contributed by atoms with van der Waals surface area (Å²) in [6.07, 6.45) is 4.57. The summed E-state index contributed by atoms with van der Waals surface area (Å²) >= 11 is 0. The number of carboxylic acids is 1. The van der Waals surface area contributed by atoms with Crippen molar-refractivity contribution in [3.05, 3.63) is 29.8 Å². The van der Waals surface area contributed by atoms with Gasteiger partial charge in [0.25, 0.3) is 0 Å². The normalized spacial score (nSPS) is 20.9. The van der Waals surface area contributed by atoms with Gasteiger partial charge in [0.1, 0.15) is 11.8 Å². The molecule has 1 saturated heterocycles. The highest BCUT2D eigenvalue weighted by Crippen LogP contribution is 2.29. The highest BCUT2D eigenvalue weighted by molar-refractivity contribution is 5.80. The Balaban J connectivity index is 1.65. The average molecular weight is 346 g/mol. The van der Waals surface area contributed by atoms with E-state index in [-0.39, 0.29) is 12.5 Å². The Morgan fingerprint density at radius 2 is 1.92 bits per heavy atom. The van der Waals surface area contributed by atoms with Crippen LogP contribution in [0.2, 0.25) is 0 Å². The van der Waals surface area contributed by atoms with Crippen molar-refractivity contribution in [2.75, 3.05) is 20.2 Å². The molecular formula is C19H26N2O4. The standard InChI is InChI=1S/C19H26N2O4/c1-25-16-9-5-14(6-10-16)12-21(15-7-8-15)18(22)13-20-11-3-2-4-17(20)19(23)24/h5-6,9-10,15,17H,2-4,7-8,11-13H2,1H3,(H,23,24). The maximum absolute atomic E-state index is 12.9. The number of likely N-dealkylation sites (tertiary alicyclic amines) is 1. The van der Waals surface area contributed by atoms with Crippen LogP contribution in [0.15, 0.2) is 24.3 Å². The molecular weight excluding hydrogens is 320 g/mol. The SMILES string of the molecule is COc1ccc(CN(C(=O)CN2CCCCC2C(=O)O)C2CC2)cc1. The molecule has 2 fully saturated rings. The molecule has 1 aliphatic heterocycles.